The molecule has 0 unspecified atom stereocenters. The first-order valence-corrected chi connectivity index (χ1v) is 8.25. The maximum Gasteiger partial charge on any atom is 0.226 e. The summed E-state index contributed by atoms with van der Waals surface area (Å²) in [6.07, 6.45) is 0. The van der Waals surface area contributed by atoms with Gasteiger partial charge in [-0.05, 0) is 12.1 Å². The Morgan fingerprint density at radius 3 is 2.55 bits per heavy atom. The molecule has 0 bridgehead atoms. The number of carbonyl (C=O) groups excluding carboxylic acids is 1. The average molecular weight is 318 g/mol. The zero-order chi connectivity index (χ0) is 16.1. The van der Waals surface area contributed by atoms with Crippen molar-refractivity contribution >= 4 is 22.9 Å². The molecule has 0 aliphatic carbocycles. The number of benzene rings is 1. The predicted molar refractivity (Wildman–Crippen MR) is 91.3 cm³/mol. The average Bonchev–Trinajstić information content (AvgIpc) is 2.98. The van der Waals surface area contributed by atoms with Gasteiger partial charge in [0, 0.05) is 35.6 Å². The van der Waals surface area contributed by atoms with Crippen LogP contribution in [-0.4, -0.2) is 24.6 Å². The van der Waals surface area contributed by atoms with Crippen LogP contribution in [0.5, 0.6) is 0 Å². The molecule has 0 fully saturated rings. The van der Waals surface area contributed by atoms with Crippen molar-refractivity contribution in [2.45, 2.75) is 26.7 Å². The molecule has 1 amide bonds. The number of rotatable bonds is 6. The van der Waals surface area contributed by atoms with Gasteiger partial charge in [0.05, 0.1) is 17.3 Å². The standard InChI is InChI=1S/C17H22N2O2S/c1-11(2)16(20)18-14-7-5-13(6-8-14)15-10-22-17(19-15)12(3)9-21-4/h5-8,10-12H,9H2,1-4H3,(H,18,20)/t12-/m0/s1. The van der Waals surface area contributed by atoms with Crippen LogP contribution in [-0.2, 0) is 9.53 Å². The molecule has 1 heterocycles. The summed E-state index contributed by atoms with van der Waals surface area (Å²) in [6, 6.07) is 7.78. The highest BCUT2D eigenvalue weighted by molar-refractivity contribution is 7.10. The molecule has 0 saturated carbocycles. The number of anilines is 1. The summed E-state index contributed by atoms with van der Waals surface area (Å²) in [5.41, 5.74) is 2.82. The molecule has 118 valence electrons. The lowest BCUT2D eigenvalue weighted by Gasteiger charge is -2.08. The minimum atomic E-state index is -0.0250. The quantitative estimate of drug-likeness (QED) is 0.870. The molecule has 5 heteroatoms. The molecule has 2 rings (SSSR count). The van der Waals surface area contributed by atoms with Gasteiger partial charge in [-0.2, -0.15) is 0 Å². The van der Waals surface area contributed by atoms with E-state index in [1.165, 1.54) is 0 Å². The monoisotopic (exact) mass is 318 g/mol. The number of amides is 1. The Hall–Kier alpha value is -1.72. The summed E-state index contributed by atoms with van der Waals surface area (Å²) in [5.74, 6) is 0.300. The van der Waals surface area contributed by atoms with Crippen LogP contribution in [0.25, 0.3) is 11.3 Å². The number of aromatic nitrogens is 1. The minimum Gasteiger partial charge on any atom is -0.384 e. The van der Waals surface area contributed by atoms with E-state index < -0.39 is 0 Å². The Kier molecular flexibility index (Phi) is 5.69. The topological polar surface area (TPSA) is 51.2 Å². The molecular formula is C17H22N2O2S. The lowest BCUT2D eigenvalue weighted by atomic mass is 10.1. The first-order valence-electron chi connectivity index (χ1n) is 7.37. The normalized spacial score (nSPS) is 12.4. The van der Waals surface area contributed by atoms with E-state index in [1.54, 1.807) is 18.4 Å². The number of hydrogen-bond acceptors (Lipinski definition) is 4. The Morgan fingerprint density at radius 1 is 1.27 bits per heavy atom. The second kappa shape index (κ2) is 7.51. The molecule has 1 aromatic heterocycles. The van der Waals surface area contributed by atoms with E-state index in [2.05, 4.69) is 22.6 Å². The van der Waals surface area contributed by atoms with Crippen molar-refractivity contribution < 1.29 is 9.53 Å². The zero-order valence-electron chi connectivity index (χ0n) is 13.4. The summed E-state index contributed by atoms with van der Waals surface area (Å²) in [5, 5.41) is 6.02. The maximum absolute atomic E-state index is 11.7. The Morgan fingerprint density at radius 2 is 1.95 bits per heavy atom. The van der Waals surface area contributed by atoms with E-state index >= 15 is 0 Å². The first-order chi connectivity index (χ1) is 10.5. The van der Waals surface area contributed by atoms with Crippen LogP contribution in [0.1, 0.15) is 31.7 Å². The van der Waals surface area contributed by atoms with Crippen LogP contribution in [0.4, 0.5) is 5.69 Å². The molecule has 0 spiro atoms. The van der Waals surface area contributed by atoms with E-state index in [0.717, 1.165) is 22.0 Å². The van der Waals surface area contributed by atoms with E-state index in [4.69, 9.17) is 4.74 Å². The summed E-state index contributed by atoms with van der Waals surface area (Å²) < 4.78 is 5.17. The summed E-state index contributed by atoms with van der Waals surface area (Å²) in [7, 11) is 1.70. The smallest absolute Gasteiger partial charge is 0.226 e. The van der Waals surface area contributed by atoms with Crippen LogP contribution in [0.2, 0.25) is 0 Å². The van der Waals surface area contributed by atoms with Gasteiger partial charge in [0.2, 0.25) is 5.91 Å². The van der Waals surface area contributed by atoms with Crippen LogP contribution in [0, 0.1) is 5.92 Å². The fourth-order valence-electron chi connectivity index (χ4n) is 1.98. The Balaban J connectivity index is 2.09. The second-order valence-corrected chi connectivity index (χ2v) is 6.54. The van der Waals surface area contributed by atoms with Crippen molar-refractivity contribution in [2.24, 2.45) is 5.92 Å². The number of methoxy groups -OCH3 is 1. The van der Waals surface area contributed by atoms with Crippen LogP contribution < -0.4 is 5.32 Å². The van der Waals surface area contributed by atoms with Crippen molar-refractivity contribution in [3.8, 4) is 11.3 Å². The second-order valence-electron chi connectivity index (χ2n) is 5.65. The largest absolute Gasteiger partial charge is 0.384 e. The van der Waals surface area contributed by atoms with Gasteiger partial charge in [-0.15, -0.1) is 11.3 Å². The Bertz CT molecular complexity index is 620. The number of ether oxygens (including phenoxy) is 1. The third kappa shape index (κ3) is 4.15. The number of nitrogens with one attached hydrogen (secondary N) is 1. The molecule has 0 saturated heterocycles. The highest BCUT2D eigenvalue weighted by atomic mass is 32.1. The number of carbonyl (C=O) groups is 1. The van der Waals surface area contributed by atoms with Gasteiger partial charge in [-0.25, -0.2) is 4.98 Å². The van der Waals surface area contributed by atoms with Crippen molar-refractivity contribution in [3.05, 3.63) is 34.7 Å². The van der Waals surface area contributed by atoms with E-state index in [0.29, 0.717) is 12.5 Å². The fourth-order valence-corrected chi connectivity index (χ4v) is 2.85. The highest BCUT2D eigenvalue weighted by Crippen LogP contribution is 2.27. The minimum absolute atomic E-state index is 0.0250. The number of thiazole rings is 1. The molecule has 4 nitrogen and oxygen atoms in total. The molecule has 2 aromatic rings. The van der Waals surface area contributed by atoms with Gasteiger partial charge in [-0.3, -0.25) is 4.79 Å². The first kappa shape index (κ1) is 16.6. The molecule has 0 aliphatic heterocycles. The van der Waals surface area contributed by atoms with Crippen molar-refractivity contribution in [2.75, 3.05) is 19.0 Å². The molecule has 1 aromatic carbocycles. The maximum atomic E-state index is 11.7. The van der Waals surface area contributed by atoms with Crippen molar-refractivity contribution in [1.29, 1.82) is 0 Å². The fraction of sp³-hybridized carbons (Fsp3) is 0.412. The zero-order valence-corrected chi connectivity index (χ0v) is 14.2. The molecule has 22 heavy (non-hydrogen) atoms. The molecule has 0 radical (unpaired) electrons. The van der Waals surface area contributed by atoms with E-state index in [-0.39, 0.29) is 11.8 Å². The van der Waals surface area contributed by atoms with Crippen LogP contribution >= 0.6 is 11.3 Å². The summed E-state index contributed by atoms with van der Waals surface area (Å²) >= 11 is 1.65. The van der Waals surface area contributed by atoms with E-state index in [9.17, 15) is 4.79 Å². The molecule has 1 atom stereocenters. The molecule has 0 aliphatic rings. The van der Waals surface area contributed by atoms with Crippen LogP contribution in [0.3, 0.4) is 0 Å². The van der Waals surface area contributed by atoms with Gasteiger partial charge in [-0.1, -0.05) is 32.9 Å². The van der Waals surface area contributed by atoms with Crippen LogP contribution in [0.15, 0.2) is 29.6 Å². The van der Waals surface area contributed by atoms with Gasteiger partial charge < -0.3 is 10.1 Å². The Labute approximate surface area is 135 Å². The summed E-state index contributed by atoms with van der Waals surface area (Å²) in [6.45, 7) is 6.53. The highest BCUT2D eigenvalue weighted by Gasteiger charge is 2.12. The predicted octanol–water partition coefficient (Wildman–Crippen LogP) is 4.15. The van der Waals surface area contributed by atoms with Gasteiger partial charge in [0.1, 0.15) is 0 Å². The lowest BCUT2D eigenvalue weighted by Crippen LogP contribution is -2.17. The molecule has 1 N–H and O–H groups in total. The van der Waals surface area contributed by atoms with Crippen molar-refractivity contribution in [3.63, 3.8) is 0 Å². The lowest BCUT2D eigenvalue weighted by molar-refractivity contribution is -0.118. The van der Waals surface area contributed by atoms with Gasteiger partial charge in [0.15, 0.2) is 0 Å². The number of hydrogen-bond donors (Lipinski definition) is 1. The van der Waals surface area contributed by atoms with Gasteiger partial charge in [0.25, 0.3) is 0 Å². The summed E-state index contributed by atoms with van der Waals surface area (Å²) in [4.78, 5) is 16.3. The third-order valence-electron chi connectivity index (χ3n) is 3.33. The SMILES string of the molecule is COC[C@H](C)c1nc(-c2ccc(NC(=O)C(C)C)cc2)cs1. The van der Waals surface area contributed by atoms with Gasteiger partial charge >= 0.3 is 0 Å². The van der Waals surface area contributed by atoms with Crippen molar-refractivity contribution in [1.82, 2.24) is 4.98 Å². The third-order valence-corrected chi connectivity index (χ3v) is 4.41. The van der Waals surface area contributed by atoms with E-state index in [1.807, 2.05) is 38.1 Å². The number of nitrogens with zero attached hydrogens (tertiary/aromatic N) is 1. The molecular weight excluding hydrogens is 296 g/mol.